The van der Waals surface area contributed by atoms with Crippen molar-refractivity contribution in [3.05, 3.63) is 34.9 Å². The van der Waals surface area contributed by atoms with E-state index in [2.05, 4.69) is 24.4 Å². The van der Waals surface area contributed by atoms with Crippen LogP contribution in [0.4, 0.5) is 0 Å². The molecular weight excluding hydrogens is 246 g/mol. The fourth-order valence-corrected chi connectivity index (χ4v) is 2.86. The van der Waals surface area contributed by atoms with Crippen molar-refractivity contribution >= 4 is 11.6 Å². The molecule has 100 valence electrons. The van der Waals surface area contributed by atoms with Crippen LogP contribution in [0.15, 0.2) is 24.3 Å². The molecule has 1 aliphatic rings. The fourth-order valence-electron chi connectivity index (χ4n) is 2.74. The molecule has 2 nitrogen and oxygen atoms in total. The number of methoxy groups -OCH3 is 1. The van der Waals surface area contributed by atoms with Crippen LogP contribution in [-0.4, -0.2) is 19.3 Å². The van der Waals surface area contributed by atoms with E-state index in [9.17, 15) is 0 Å². The van der Waals surface area contributed by atoms with Crippen LogP contribution in [-0.2, 0) is 4.74 Å². The maximum Gasteiger partial charge on any atom is 0.0724 e. The molecule has 0 bridgehead atoms. The highest BCUT2D eigenvalue weighted by molar-refractivity contribution is 6.30. The Kier molecular flexibility index (Phi) is 5.04. The first-order valence-corrected chi connectivity index (χ1v) is 7.13. The summed E-state index contributed by atoms with van der Waals surface area (Å²) in [5, 5.41) is 4.48. The van der Waals surface area contributed by atoms with Gasteiger partial charge in [0, 0.05) is 24.2 Å². The quantitative estimate of drug-likeness (QED) is 0.892. The van der Waals surface area contributed by atoms with Gasteiger partial charge >= 0.3 is 0 Å². The molecule has 0 heterocycles. The van der Waals surface area contributed by atoms with Gasteiger partial charge in [-0.05, 0) is 37.5 Å². The lowest BCUT2D eigenvalue weighted by molar-refractivity contribution is 0.0384. The molecule has 0 saturated heterocycles. The maximum atomic E-state index is 5.91. The first-order chi connectivity index (χ1) is 8.70. The average molecular weight is 268 g/mol. The van der Waals surface area contributed by atoms with Crippen molar-refractivity contribution in [2.24, 2.45) is 0 Å². The summed E-state index contributed by atoms with van der Waals surface area (Å²) in [6, 6.07) is 8.88. The van der Waals surface area contributed by atoms with E-state index in [0.29, 0.717) is 18.2 Å². The summed E-state index contributed by atoms with van der Waals surface area (Å²) in [4.78, 5) is 0. The Morgan fingerprint density at radius 1 is 1.22 bits per heavy atom. The molecule has 3 unspecified atom stereocenters. The van der Waals surface area contributed by atoms with Crippen LogP contribution in [0.1, 0.15) is 44.2 Å². The minimum Gasteiger partial charge on any atom is -0.380 e. The predicted octanol–water partition coefficient (Wildman–Crippen LogP) is 3.95. The lowest BCUT2D eigenvalue weighted by Gasteiger charge is -2.33. The van der Waals surface area contributed by atoms with E-state index in [1.807, 2.05) is 19.2 Å². The van der Waals surface area contributed by atoms with Crippen LogP contribution >= 0.6 is 11.6 Å². The number of rotatable bonds is 4. The fraction of sp³-hybridized carbons (Fsp3) is 0.600. The van der Waals surface area contributed by atoms with E-state index in [0.717, 1.165) is 5.02 Å². The Morgan fingerprint density at radius 2 is 1.89 bits per heavy atom. The molecular formula is C15H22ClNO. The first kappa shape index (κ1) is 13.9. The predicted molar refractivity (Wildman–Crippen MR) is 76.1 cm³/mol. The van der Waals surface area contributed by atoms with Gasteiger partial charge in [-0.25, -0.2) is 0 Å². The molecule has 1 saturated carbocycles. The van der Waals surface area contributed by atoms with Gasteiger partial charge in [0.15, 0.2) is 0 Å². The molecule has 1 fully saturated rings. The second-order valence-electron chi connectivity index (χ2n) is 5.11. The third-order valence-electron chi connectivity index (χ3n) is 3.84. The third-order valence-corrected chi connectivity index (χ3v) is 4.09. The molecule has 1 N–H and O–H groups in total. The second-order valence-corrected chi connectivity index (χ2v) is 5.54. The van der Waals surface area contributed by atoms with E-state index in [4.69, 9.17) is 16.3 Å². The molecule has 3 heteroatoms. The highest BCUT2D eigenvalue weighted by atomic mass is 35.5. The Labute approximate surface area is 115 Å². The van der Waals surface area contributed by atoms with Crippen molar-refractivity contribution in [1.82, 2.24) is 5.32 Å². The maximum absolute atomic E-state index is 5.91. The molecule has 0 radical (unpaired) electrons. The monoisotopic (exact) mass is 267 g/mol. The van der Waals surface area contributed by atoms with Crippen LogP contribution < -0.4 is 5.32 Å². The van der Waals surface area contributed by atoms with Crippen molar-refractivity contribution in [3.63, 3.8) is 0 Å². The van der Waals surface area contributed by atoms with Crippen molar-refractivity contribution < 1.29 is 4.74 Å². The van der Waals surface area contributed by atoms with Crippen LogP contribution in [0, 0.1) is 0 Å². The zero-order valence-electron chi connectivity index (χ0n) is 11.2. The molecule has 1 aromatic rings. The Bertz CT molecular complexity index is 365. The van der Waals surface area contributed by atoms with Crippen LogP contribution in [0.25, 0.3) is 0 Å². The van der Waals surface area contributed by atoms with Crippen LogP contribution in [0.2, 0.25) is 5.02 Å². The van der Waals surface area contributed by atoms with E-state index < -0.39 is 0 Å². The molecule has 1 aliphatic carbocycles. The third kappa shape index (κ3) is 3.47. The standard InChI is InChI=1S/C15H22ClNO/c1-11(12-7-9-13(16)10-8-12)17-14-5-3-4-6-15(14)18-2/h7-11,14-15,17H,3-6H2,1-2H3. The lowest BCUT2D eigenvalue weighted by atomic mass is 9.91. The number of hydrogen-bond acceptors (Lipinski definition) is 2. The molecule has 1 aromatic carbocycles. The summed E-state index contributed by atoms with van der Waals surface area (Å²) >= 11 is 5.91. The summed E-state index contributed by atoms with van der Waals surface area (Å²) in [6.45, 7) is 2.20. The molecule has 3 atom stereocenters. The summed E-state index contributed by atoms with van der Waals surface area (Å²) in [5.74, 6) is 0. The van der Waals surface area contributed by atoms with Crippen molar-refractivity contribution in [3.8, 4) is 0 Å². The normalized spacial score (nSPS) is 25.9. The lowest BCUT2D eigenvalue weighted by Crippen LogP contribution is -2.44. The largest absolute Gasteiger partial charge is 0.380 e. The number of ether oxygens (including phenoxy) is 1. The SMILES string of the molecule is COC1CCCCC1NC(C)c1ccc(Cl)cc1. The summed E-state index contributed by atoms with van der Waals surface area (Å²) < 4.78 is 5.58. The van der Waals surface area contributed by atoms with E-state index in [-0.39, 0.29) is 0 Å². The zero-order chi connectivity index (χ0) is 13.0. The molecule has 0 spiro atoms. The van der Waals surface area contributed by atoms with Gasteiger partial charge in [0.2, 0.25) is 0 Å². The van der Waals surface area contributed by atoms with Crippen molar-refractivity contribution in [1.29, 1.82) is 0 Å². The first-order valence-electron chi connectivity index (χ1n) is 6.75. The Morgan fingerprint density at radius 3 is 2.56 bits per heavy atom. The van der Waals surface area contributed by atoms with Gasteiger partial charge in [0.05, 0.1) is 6.10 Å². The van der Waals surface area contributed by atoms with Gasteiger partial charge in [-0.2, -0.15) is 0 Å². The molecule has 0 aliphatic heterocycles. The highest BCUT2D eigenvalue weighted by Gasteiger charge is 2.26. The number of halogens is 1. The van der Waals surface area contributed by atoms with Crippen LogP contribution in [0.5, 0.6) is 0 Å². The number of nitrogens with one attached hydrogen (secondary N) is 1. The number of benzene rings is 1. The average Bonchev–Trinajstić information content (AvgIpc) is 2.40. The van der Waals surface area contributed by atoms with Crippen molar-refractivity contribution in [2.75, 3.05) is 7.11 Å². The summed E-state index contributed by atoms with van der Waals surface area (Å²) in [6.07, 6.45) is 5.31. The number of hydrogen-bond donors (Lipinski definition) is 1. The van der Waals surface area contributed by atoms with Gasteiger partial charge in [0.1, 0.15) is 0 Å². The highest BCUT2D eigenvalue weighted by Crippen LogP contribution is 2.24. The minimum atomic E-state index is 0.336. The van der Waals surface area contributed by atoms with Crippen LogP contribution in [0.3, 0.4) is 0 Å². The van der Waals surface area contributed by atoms with Gasteiger partial charge < -0.3 is 10.1 Å². The summed E-state index contributed by atoms with van der Waals surface area (Å²) in [7, 11) is 1.82. The van der Waals surface area contributed by atoms with Gasteiger partial charge in [-0.1, -0.05) is 36.6 Å². The smallest absolute Gasteiger partial charge is 0.0724 e. The van der Waals surface area contributed by atoms with Gasteiger partial charge in [-0.15, -0.1) is 0 Å². The van der Waals surface area contributed by atoms with E-state index >= 15 is 0 Å². The van der Waals surface area contributed by atoms with Gasteiger partial charge in [-0.3, -0.25) is 0 Å². The van der Waals surface area contributed by atoms with E-state index in [1.165, 1.54) is 31.2 Å². The molecule has 0 aromatic heterocycles. The molecule has 0 amide bonds. The Balaban J connectivity index is 1.97. The topological polar surface area (TPSA) is 21.3 Å². The Hall–Kier alpha value is -0.570. The molecule has 18 heavy (non-hydrogen) atoms. The van der Waals surface area contributed by atoms with Crippen molar-refractivity contribution in [2.45, 2.75) is 50.8 Å². The second kappa shape index (κ2) is 6.55. The minimum absolute atomic E-state index is 0.336. The summed E-state index contributed by atoms with van der Waals surface area (Å²) in [5.41, 5.74) is 1.28. The van der Waals surface area contributed by atoms with Gasteiger partial charge in [0.25, 0.3) is 0 Å². The molecule has 2 rings (SSSR count). The zero-order valence-corrected chi connectivity index (χ0v) is 11.9. The van der Waals surface area contributed by atoms with E-state index in [1.54, 1.807) is 0 Å².